The Morgan fingerprint density at radius 2 is 2.06 bits per heavy atom. The average Bonchev–Trinajstić information content (AvgIpc) is 3.05. The van der Waals surface area contributed by atoms with E-state index in [2.05, 4.69) is 19.2 Å². The molecule has 0 atom stereocenters. The summed E-state index contributed by atoms with van der Waals surface area (Å²) >= 11 is 0. The molecular weight excluding hydrogens is 224 g/mol. The monoisotopic (exact) mass is 246 g/mol. The van der Waals surface area contributed by atoms with E-state index >= 15 is 0 Å². The third kappa shape index (κ3) is 2.66. The number of benzene rings is 1. The van der Waals surface area contributed by atoms with Crippen LogP contribution in [0.15, 0.2) is 18.2 Å². The maximum absolute atomic E-state index is 12.1. The summed E-state index contributed by atoms with van der Waals surface area (Å²) in [7, 11) is 0. The van der Waals surface area contributed by atoms with Crippen molar-refractivity contribution in [1.29, 1.82) is 0 Å². The van der Waals surface area contributed by atoms with Gasteiger partial charge in [-0.15, -0.1) is 0 Å². The SMILES string of the molecule is Cc1cc(N)cc(C(=O)NCC2(C(C)C)CC2)c1. The van der Waals surface area contributed by atoms with Gasteiger partial charge in [-0.05, 0) is 54.9 Å². The third-order valence-corrected chi connectivity index (χ3v) is 4.08. The fourth-order valence-corrected chi connectivity index (χ4v) is 2.42. The Balaban J connectivity index is 2.00. The molecule has 1 aliphatic rings. The Bertz CT molecular complexity index is 441. The van der Waals surface area contributed by atoms with Gasteiger partial charge in [0.05, 0.1) is 0 Å². The normalized spacial score (nSPS) is 16.7. The molecular formula is C15H22N2O. The van der Waals surface area contributed by atoms with Gasteiger partial charge in [-0.1, -0.05) is 13.8 Å². The molecule has 0 radical (unpaired) electrons. The molecule has 2 rings (SSSR count). The van der Waals surface area contributed by atoms with Crippen LogP contribution in [-0.2, 0) is 0 Å². The first kappa shape index (κ1) is 12.9. The number of nitrogens with two attached hydrogens (primary N) is 1. The number of amides is 1. The maximum Gasteiger partial charge on any atom is 0.251 e. The molecule has 1 aromatic carbocycles. The van der Waals surface area contributed by atoms with E-state index in [0.717, 1.165) is 12.1 Å². The molecule has 0 aromatic heterocycles. The van der Waals surface area contributed by atoms with Gasteiger partial charge in [0.1, 0.15) is 0 Å². The van der Waals surface area contributed by atoms with Crippen LogP contribution in [-0.4, -0.2) is 12.5 Å². The number of carbonyl (C=O) groups excluding carboxylic acids is 1. The quantitative estimate of drug-likeness (QED) is 0.803. The minimum Gasteiger partial charge on any atom is -0.399 e. The Labute approximate surface area is 109 Å². The topological polar surface area (TPSA) is 55.1 Å². The van der Waals surface area contributed by atoms with E-state index in [0.29, 0.717) is 22.6 Å². The molecule has 3 nitrogen and oxygen atoms in total. The zero-order valence-corrected chi connectivity index (χ0v) is 11.4. The predicted molar refractivity (Wildman–Crippen MR) is 74.4 cm³/mol. The minimum atomic E-state index is -0.0164. The highest BCUT2D eigenvalue weighted by atomic mass is 16.1. The van der Waals surface area contributed by atoms with E-state index < -0.39 is 0 Å². The molecule has 0 aliphatic heterocycles. The number of nitrogens with one attached hydrogen (secondary N) is 1. The van der Waals surface area contributed by atoms with Gasteiger partial charge >= 0.3 is 0 Å². The lowest BCUT2D eigenvalue weighted by Gasteiger charge is -2.20. The number of hydrogen-bond donors (Lipinski definition) is 2. The molecule has 0 spiro atoms. The van der Waals surface area contributed by atoms with E-state index in [4.69, 9.17) is 5.73 Å². The van der Waals surface area contributed by atoms with Gasteiger partial charge in [-0.25, -0.2) is 0 Å². The minimum absolute atomic E-state index is 0.0164. The van der Waals surface area contributed by atoms with Crippen LogP contribution in [0.5, 0.6) is 0 Å². The molecule has 0 saturated heterocycles. The van der Waals surface area contributed by atoms with Crippen LogP contribution in [0.4, 0.5) is 5.69 Å². The molecule has 0 unspecified atom stereocenters. The molecule has 1 amide bonds. The molecule has 1 fully saturated rings. The van der Waals surface area contributed by atoms with Crippen LogP contribution >= 0.6 is 0 Å². The van der Waals surface area contributed by atoms with Gasteiger partial charge in [-0.2, -0.15) is 0 Å². The maximum atomic E-state index is 12.1. The summed E-state index contributed by atoms with van der Waals surface area (Å²) in [6, 6.07) is 5.48. The molecule has 0 bridgehead atoms. The van der Waals surface area contributed by atoms with Crippen molar-refractivity contribution >= 4 is 11.6 Å². The Kier molecular flexibility index (Phi) is 3.33. The fraction of sp³-hybridized carbons (Fsp3) is 0.533. The lowest BCUT2D eigenvalue weighted by atomic mass is 9.92. The summed E-state index contributed by atoms with van der Waals surface area (Å²) < 4.78 is 0. The number of hydrogen-bond acceptors (Lipinski definition) is 2. The number of nitrogen functional groups attached to an aromatic ring is 1. The number of carbonyl (C=O) groups is 1. The van der Waals surface area contributed by atoms with Crippen LogP contribution in [0.3, 0.4) is 0 Å². The van der Waals surface area contributed by atoms with E-state index in [1.165, 1.54) is 12.8 Å². The predicted octanol–water partition coefficient (Wildman–Crippen LogP) is 2.74. The van der Waals surface area contributed by atoms with Gasteiger partial charge in [0.25, 0.3) is 5.91 Å². The van der Waals surface area contributed by atoms with E-state index in [-0.39, 0.29) is 5.91 Å². The Morgan fingerprint density at radius 3 is 2.56 bits per heavy atom. The number of rotatable bonds is 4. The van der Waals surface area contributed by atoms with Crippen LogP contribution in [0, 0.1) is 18.3 Å². The first-order valence-corrected chi connectivity index (χ1v) is 6.58. The zero-order chi connectivity index (χ0) is 13.3. The molecule has 1 aliphatic carbocycles. The zero-order valence-electron chi connectivity index (χ0n) is 11.4. The highest BCUT2D eigenvalue weighted by molar-refractivity contribution is 5.95. The van der Waals surface area contributed by atoms with Crippen molar-refractivity contribution in [3.63, 3.8) is 0 Å². The molecule has 18 heavy (non-hydrogen) atoms. The average molecular weight is 246 g/mol. The van der Waals surface area contributed by atoms with Crippen molar-refractivity contribution < 1.29 is 4.79 Å². The molecule has 3 N–H and O–H groups in total. The van der Waals surface area contributed by atoms with E-state index in [1.54, 1.807) is 6.07 Å². The smallest absolute Gasteiger partial charge is 0.251 e. The molecule has 98 valence electrons. The van der Waals surface area contributed by atoms with Gasteiger partial charge in [0.2, 0.25) is 0 Å². The summed E-state index contributed by atoms with van der Waals surface area (Å²) in [6.07, 6.45) is 2.45. The highest BCUT2D eigenvalue weighted by Crippen LogP contribution is 2.51. The van der Waals surface area contributed by atoms with E-state index in [1.807, 2.05) is 19.1 Å². The van der Waals surface area contributed by atoms with Crippen molar-refractivity contribution in [2.75, 3.05) is 12.3 Å². The second-order valence-corrected chi connectivity index (χ2v) is 5.83. The second kappa shape index (κ2) is 4.63. The van der Waals surface area contributed by atoms with Crippen LogP contribution in [0.25, 0.3) is 0 Å². The molecule has 1 aromatic rings. The summed E-state index contributed by atoms with van der Waals surface area (Å²) in [6.45, 7) is 7.18. The standard InChI is InChI=1S/C15H22N2O/c1-10(2)15(4-5-15)9-17-14(18)12-6-11(3)7-13(16)8-12/h6-8,10H,4-5,9,16H2,1-3H3,(H,17,18). The molecule has 3 heteroatoms. The van der Waals surface area contributed by atoms with Crippen molar-refractivity contribution in [3.05, 3.63) is 29.3 Å². The Hall–Kier alpha value is -1.51. The van der Waals surface area contributed by atoms with Gasteiger partial charge < -0.3 is 11.1 Å². The van der Waals surface area contributed by atoms with Gasteiger partial charge in [0, 0.05) is 17.8 Å². The van der Waals surface area contributed by atoms with Crippen molar-refractivity contribution in [2.45, 2.75) is 33.6 Å². The second-order valence-electron chi connectivity index (χ2n) is 5.83. The van der Waals surface area contributed by atoms with Crippen LogP contribution < -0.4 is 11.1 Å². The van der Waals surface area contributed by atoms with Gasteiger partial charge in [0.15, 0.2) is 0 Å². The highest BCUT2D eigenvalue weighted by Gasteiger charge is 2.45. The third-order valence-electron chi connectivity index (χ3n) is 4.08. The summed E-state index contributed by atoms with van der Waals surface area (Å²) in [5.41, 5.74) is 8.42. The lowest BCUT2D eigenvalue weighted by Crippen LogP contribution is -2.32. The fourth-order valence-electron chi connectivity index (χ4n) is 2.42. The first-order chi connectivity index (χ1) is 8.43. The van der Waals surface area contributed by atoms with Crippen molar-refractivity contribution in [3.8, 4) is 0 Å². The van der Waals surface area contributed by atoms with Crippen LogP contribution in [0.1, 0.15) is 42.6 Å². The number of anilines is 1. The van der Waals surface area contributed by atoms with Gasteiger partial charge in [-0.3, -0.25) is 4.79 Å². The Morgan fingerprint density at radius 1 is 1.39 bits per heavy atom. The summed E-state index contributed by atoms with van der Waals surface area (Å²) in [5.74, 6) is 0.609. The first-order valence-electron chi connectivity index (χ1n) is 6.58. The van der Waals surface area contributed by atoms with Crippen LogP contribution in [0.2, 0.25) is 0 Å². The molecule has 1 saturated carbocycles. The van der Waals surface area contributed by atoms with E-state index in [9.17, 15) is 4.79 Å². The van der Waals surface area contributed by atoms with Crippen molar-refractivity contribution in [2.24, 2.45) is 11.3 Å². The summed E-state index contributed by atoms with van der Waals surface area (Å²) in [4.78, 5) is 12.1. The largest absolute Gasteiger partial charge is 0.399 e. The van der Waals surface area contributed by atoms with Crippen molar-refractivity contribution in [1.82, 2.24) is 5.32 Å². The molecule has 0 heterocycles. The summed E-state index contributed by atoms with van der Waals surface area (Å²) in [5, 5.41) is 3.04. The number of aryl methyl sites for hydroxylation is 1. The lowest BCUT2D eigenvalue weighted by molar-refractivity contribution is 0.0939.